The number of rotatable bonds is 0. The molecule has 0 aliphatic carbocycles. The second-order valence-corrected chi connectivity index (χ2v) is 2.74. The zero-order chi connectivity index (χ0) is 14.1. The Morgan fingerprint density at radius 3 is 1.75 bits per heavy atom. The van der Waals surface area contributed by atoms with Gasteiger partial charge in [-0.3, -0.25) is 0 Å². The van der Waals surface area contributed by atoms with Crippen molar-refractivity contribution in [3.8, 4) is 0 Å². The molecule has 0 atom stereocenters. The van der Waals surface area contributed by atoms with Crippen molar-refractivity contribution < 1.29 is 17.9 Å². The van der Waals surface area contributed by atoms with Crippen molar-refractivity contribution >= 4 is 0 Å². The fourth-order valence-electron chi connectivity index (χ4n) is 0.714. The number of nitrogens with zero attached hydrogens (tertiary/aromatic N) is 4. The lowest BCUT2D eigenvalue weighted by atomic mass is 10.7. The number of aromatic nitrogens is 4. The van der Waals surface area contributed by atoms with Crippen LogP contribution in [0, 0.1) is 0 Å². The summed E-state index contributed by atoms with van der Waals surface area (Å²) in [6.07, 6.45) is 13.7. The summed E-state index contributed by atoms with van der Waals surface area (Å²) in [5.74, 6) is 0. The molecule has 0 saturated heterocycles. The molecule has 4 aromatic heterocycles. The van der Waals surface area contributed by atoms with E-state index in [0.717, 1.165) is 0 Å². The van der Waals surface area contributed by atoms with Gasteiger partial charge in [-0.1, -0.05) is 5.16 Å². The first kappa shape index (κ1) is 14.9. The number of furan rings is 1. The fourth-order valence-corrected chi connectivity index (χ4v) is 0.714. The first-order valence-corrected chi connectivity index (χ1v) is 5.35. The molecule has 20 heavy (non-hydrogen) atoms. The highest BCUT2D eigenvalue weighted by molar-refractivity contribution is 4.79. The first-order valence-electron chi connectivity index (χ1n) is 5.35. The first-order chi connectivity index (χ1) is 10.0. The molecular formula is C12H12N4O4. The fraction of sp³-hybridized carbons (Fsp3) is 0. The molecule has 0 saturated carbocycles. The van der Waals surface area contributed by atoms with Gasteiger partial charge in [-0.2, -0.15) is 0 Å². The van der Waals surface area contributed by atoms with Crippen LogP contribution in [0.25, 0.3) is 0 Å². The van der Waals surface area contributed by atoms with Crippen LogP contribution in [0.2, 0.25) is 0 Å². The van der Waals surface area contributed by atoms with Crippen molar-refractivity contribution in [3.63, 3.8) is 0 Å². The summed E-state index contributed by atoms with van der Waals surface area (Å²) in [6, 6.07) is 5.39. The van der Waals surface area contributed by atoms with E-state index in [4.69, 9.17) is 0 Å². The summed E-state index contributed by atoms with van der Waals surface area (Å²) in [5, 5.41) is 9.75. The molecule has 4 rings (SSSR count). The van der Waals surface area contributed by atoms with Crippen LogP contribution in [0.5, 0.6) is 0 Å². The Hall–Kier alpha value is -3.16. The normalized spacial score (nSPS) is 8.00. The summed E-state index contributed by atoms with van der Waals surface area (Å²) in [6.45, 7) is 0. The minimum atomic E-state index is 1.38. The zero-order valence-corrected chi connectivity index (χ0v) is 10.4. The highest BCUT2D eigenvalue weighted by Crippen LogP contribution is 1.79. The van der Waals surface area contributed by atoms with E-state index in [1.54, 1.807) is 31.0 Å². The maximum Gasteiger partial charge on any atom is 0.180 e. The van der Waals surface area contributed by atoms with E-state index in [2.05, 4.69) is 38.4 Å². The van der Waals surface area contributed by atoms with Gasteiger partial charge in [0.25, 0.3) is 0 Å². The predicted octanol–water partition coefficient (Wildman–Crippen LogP) is 2.70. The predicted molar refractivity (Wildman–Crippen MR) is 66.0 cm³/mol. The molecule has 8 heteroatoms. The Labute approximate surface area is 114 Å². The van der Waals surface area contributed by atoms with Crippen molar-refractivity contribution in [1.29, 1.82) is 0 Å². The van der Waals surface area contributed by atoms with Crippen molar-refractivity contribution in [1.82, 2.24) is 20.5 Å². The molecule has 0 N–H and O–H groups in total. The number of oxazole rings is 1. The van der Waals surface area contributed by atoms with Crippen LogP contribution >= 0.6 is 0 Å². The van der Waals surface area contributed by atoms with Crippen LogP contribution in [0.4, 0.5) is 0 Å². The van der Waals surface area contributed by atoms with Crippen LogP contribution in [-0.2, 0) is 0 Å². The Balaban J connectivity index is 0.000000133. The molecule has 8 nitrogen and oxygen atoms in total. The van der Waals surface area contributed by atoms with Gasteiger partial charge in [-0.15, -0.1) is 5.10 Å². The Morgan fingerprint density at radius 1 is 0.650 bits per heavy atom. The Morgan fingerprint density at radius 2 is 1.55 bits per heavy atom. The molecule has 0 fully saturated rings. The lowest BCUT2D eigenvalue weighted by Crippen LogP contribution is -1.53. The average molecular weight is 276 g/mol. The SMILES string of the molecule is c1ccoc1.c1cnoc1.c1cocn1.c1conn1. The second kappa shape index (κ2) is 12.3. The van der Waals surface area contributed by atoms with E-state index >= 15 is 0 Å². The lowest BCUT2D eigenvalue weighted by Gasteiger charge is -1.50. The molecule has 4 aromatic rings. The Bertz CT molecular complexity index is 358. The minimum absolute atomic E-state index is 1.38. The molecule has 0 amide bonds. The summed E-state index contributed by atoms with van der Waals surface area (Å²) >= 11 is 0. The molecule has 0 unspecified atom stereocenters. The van der Waals surface area contributed by atoms with Crippen LogP contribution in [-0.4, -0.2) is 20.5 Å². The standard InChI is InChI=1S/C4H4O.2C3H3NO.C2H2N2O/c1-2-4-5-3-1;1-2-5-3-4-1;1-2-4-5-3-1;1-2-5-4-3-1/h1-4H;2*1-3H;1-2H. The van der Waals surface area contributed by atoms with E-state index in [0.29, 0.717) is 0 Å². The van der Waals surface area contributed by atoms with Crippen LogP contribution in [0.3, 0.4) is 0 Å². The van der Waals surface area contributed by atoms with Gasteiger partial charge in [0.05, 0.1) is 31.1 Å². The summed E-state index contributed by atoms with van der Waals surface area (Å²) in [5.41, 5.74) is 0. The van der Waals surface area contributed by atoms with Gasteiger partial charge in [0.1, 0.15) is 18.8 Å². The smallest absolute Gasteiger partial charge is 0.180 e. The largest absolute Gasteiger partial charge is 0.473 e. The van der Waals surface area contributed by atoms with E-state index in [1.807, 2.05) is 12.1 Å². The second-order valence-electron chi connectivity index (χ2n) is 2.74. The van der Waals surface area contributed by atoms with Crippen molar-refractivity contribution in [3.05, 3.63) is 74.5 Å². The van der Waals surface area contributed by atoms with Crippen LogP contribution in [0.15, 0.2) is 92.4 Å². The van der Waals surface area contributed by atoms with Gasteiger partial charge in [0.2, 0.25) is 0 Å². The molecule has 0 bridgehead atoms. The van der Waals surface area contributed by atoms with E-state index in [1.165, 1.54) is 31.4 Å². The van der Waals surface area contributed by atoms with Crippen molar-refractivity contribution in [2.45, 2.75) is 0 Å². The van der Waals surface area contributed by atoms with Crippen molar-refractivity contribution in [2.24, 2.45) is 0 Å². The topological polar surface area (TPSA) is 104 Å². The van der Waals surface area contributed by atoms with E-state index < -0.39 is 0 Å². The highest BCUT2D eigenvalue weighted by Gasteiger charge is 1.62. The van der Waals surface area contributed by atoms with E-state index in [9.17, 15) is 0 Å². The molecule has 0 aromatic carbocycles. The molecule has 104 valence electrons. The molecule has 0 aliphatic heterocycles. The van der Waals surface area contributed by atoms with Gasteiger partial charge in [-0.05, 0) is 18.2 Å². The number of hydrogen-bond acceptors (Lipinski definition) is 8. The summed E-state index contributed by atoms with van der Waals surface area (Å²) in [7, 11) is 0. The molecule has 0 radical (unpaired) electrons. The lowest BCUT2D eigenvalue weighted by molar-refractivity contribution is 0.393. The van der Waals surface area contributed by atoms with Crippen LogP contribution in [0.1, 0.15) is 0 Å². The summed E-state index contributed by atoms with van der Waals surface area (Å²) < 4.78 is 17.6. The van der Waals surface area contributed by atoms with Crippen LogP contribution < -0.4 is 0 Å². The third-order valence-electron chi connectivity index (χ3n) is 1.40. The zero-order valence-electron chi connectivity index (χ0n) is 10.4. The molecular weight excluding hydrogens is 264 g/mol. The third-order valence-corrected chi connectivity index (χ3v) is 1.40. The van der Waals surface area contributed by atoms with E-state index in [-0.39, 0.29) is 0 Å². The average Bonchev–Trinajstić information content (AvgIpc) is 3.40. The maximum atomic E-state index is 4.58. The van der Waals surface area contributed by atoms with Crippen molar-refractivity contribution in [2.75, 3.05) is 0 Å². The van der Waals surface area contributed by atoms with Gasteiger partial charge >= 0.3 is 0 Å². The number of hydrogen-bond donors (Lipinski definition) is 0. The highest BCUT2D eigenvalue weighted by atomic mass is 16.5. The van der Waals surface area contributed by atoms with Gasteiger partial charge < -0.3 is 17.9 Å². The Kier molecular flexibility index (Phi) is 9.16. The monoisotopic (exact) mass is 276 g/mol. The maximum absolute atomic E-state index is 4.58. The minimum Gasteiger partial charge on any atom is -0.473 e. The van der Waals surface area contributed by atoms with Gasteiger partial charge in [0, 0.05) is 5.27 Å². The molecule has 0 aliphatic rings. The quantitative estimate of drug-likeness (QED) is 0.482. The third kappa shape index (κ3) is 10.0. The molecule has 4 heterocycles. The van der Waals surface area contributed by atoms with Gasteiger partial charge in [-0.25, -0.2) is 4.98 Å². The molecule has 0 spiro atoms. The van der Waals surface area contributed by atoms with Gasteiger partial charge in [0.15, 0.2) is 6.39 Å². The summed E-state index contributed by atoms with van der Waals surface area (Å²) in [4.78, 5) is 3.56.